The van der Waals surface area contributed by atoms with E-state index in [9.17, 15) is 0 Å². The van der Waals surface area contributed by atoms with Crippen molar-refractivity contribution in [3.63, 3.8) is 0 Å². The molecule has 66 heavy (non-hydrogen) atoms. The second kappa shape index (κ2) is 21.4. The molecule has 0 saturated carbocycles. The van der Waals surface area contributed by atoms with Crippen LogP contribution in [0.5, 0.6) is 0 Å². The number of aromatic nitrogens is 1. The molecule has 2 nitrogen and oxygen atoms in total. The molecule has 9 aromatic rings. The van der Waals surface area contributed by atoms with E-state index in [1.807, 2.05) is 24.3 Å². The van der Waals surface area contributed by atoms with Crippen molar-refractivity contribution in [3.8, 4) is 33.6 Å². The molecule has 0 bridgehead atoms. The predicted molar refractivity (Wildman–Crippen MR) is 280 cm³/mol. The number of nitrogens with zero attached hydrogens (tertiary/aromatic N) is 2. The summed E-state index contributed by atoms with van der Waals surface area (Å²) in [6.07, 6.45) is 0. The molecule has 0 amide bonds. The van der Waals surface area contributed by atoms with Crippen LogP contribution in [0.3, 0.4) is 0 Å². The summed E-state index contributed by atoms with van der Waals surface area (Å²) in [4.78, 5) is 7.39. The summed E-state index contributed by atoms with van der Waals surface area (Å²) in [5, 5.41) is 3.96. The Bertz CT molecular complexity index is 2750. The molecule has 0 radical (unpaired) electrons. The van der Waals surface area contributed by atoms with Gasteiger partial charge in [-0.3, -0.25) is 0 Å². The van der Waals surface area contributed by atoms with Gasteiger partial charge in [-0.25, -0.2) is 0 Å². The summed E-state index contributed by atoms with van der Waals surface area (Å²) in [5.74, 6) is 0. The van der Waals surface area contributed by atoms with Gasteiger partial charge in [0.2, 0.25) is 0 Å². The number of para-hydroxylation sites is 2. The molecule has 9 rings (SSSR count). The molecule has 0 aliphatic carbocycles. The first-order valence-corrected chi connectivity index (χ1v) is 26.1. The van der Waals surface area contributed by atoms with Crippen LogP contribution in [0.1, 0.15) is 52.7 Å². The van der Waals surface area contributed by atoms with E-state index in [1.165, 1.54) is 27.0 Å². The van der Waals surface area contributed by atoms with E-state index in [2.05, 4.69) is 274 Å². The van der Waals surface area contributed by atoms with Crippen LogP contribution in [0.2, 0.25) is 0 Å². The Morgan fingerprint density at radius 1 is 0.439 bits per heavy atom. The van der Waals surface area contributed by atoms with Gasteiger partial charge in [-0.15, -0.1) is 12.1 Å². The molecule has 0 fully saturated rings. The maximum absolute atomic E-state index is 5.16. The van der Waals surface area contributed by atoms with Crippen molar-refractivity contribution in [2.45, 2.75) is 52.4 Å². The monoisotopic (exact) mass is 1120 g/mol. The summed E-state index contributed by atoms with van der Waals surface area (Å²) in [7, 11) is 0. The van der Waals surface area contributed by atoms with E-state index in [0.717, 1.165) is 50.7 Å². The molecular formula is C61H54AuN2PSe. The van der Waals surface area contributed by atoms with Gasteiger partial charge in [-0.2, -0.15) is 18.2 Å². The Labute approximate surface area is 416 Å². The summed E-state index contributed by atoms with van der Waals surface area (Å²) in [6.45, 7) is 13.4. The second-order valence-corrected chi connectivity index (χ2v) is 24.4. The Balaban J connectivity index is 0.000000270. The third-order valence-corrected chi connectivity index (χ3v) is 18.6. The van der Waals surface area contributed by atoms with Crippen molar-refractivity contribution >= 4 is 53.6 Å². The molecule has 1 heterocycles. The Morgan fingerprint density at radius 3 is 1.20 bits per heavy atom. The molecule has 0 saturated heterocycles. The maximum atomic E-state index is 5.16. The standard InChI is InChI=1S/C43H40NPSe.C18H14N.Au/c1-42(2,3)35-23-17-32(18-24-35)40-29-34(30-41(44-40)33-19-25-36(26-20-33)43(4,5)6)31-21-27-39(28-22-31)45(46,37-13-9-7-10-14-37)38-15-11-8-12-16-38;1-4-10-16(11-5-1)19(17-12-6-2-7-13-17)18-14-8-3-9-15-18;/h7-17,19,21-30H,1-6H3;1-2,4-15H;/q-2;-1;+3. The van der Waals surface area contributed by atoms with Crippen LogP contribution < -0.4 is 20.8 Å². The molecule has 330 valence electrons. The third kappa shape index (κ3) is 11.3. The minimum absolute atomic E-state index is 0. The van der Waals surface area contributed by atoms with Crippen LogP contribution in [0.15, 0.2) is 218 Å². The molecule has 0 atom stereocenters. The number of rotatable bonds is 9. The normalized spacial score (nSPS) is 11.4. The Hall–Kier alpha value is -5.60. The molecule has 0 unspecified atom stereocenters. The van der Waals surface area contributed by atoms with Crippen LogP contribution >= 0.6 is 5.51 Å². The molecular weight excluding hydrogens is 1070 g/mol. The number of pyridine rings is 1. The van der Waals surface area contributed by atoms with Gasteiger partial charge in [-0.05, 0) is 35.1 Å². The fourth-order valence-corrected chi connectivity index (χ4v) is 12.7. The van der Waals surface area contributed by atoms with Crippen molar-refractivity contribution in [1.82, 2.24) is 4.98 Å². The van der Waals surface area contributed by atoms with Crippen molar-refractivity contribution in [2.24, 2.45) is 0 Å². The zero-order valence-corrected chi connectivity index (χ0v) is 43.1. The second-order valence-electron chi connectivity index (χ2n) is 18.2. The molecule has 8 aromatic carbocycles. The van der Waals surface area contributed by atoms with E-state index >= 15 is 0 Å². The topological polar surface area (TPSA) is 16.1 Å². The van der Waals surface area contributed by atoms with Gasteiger partial charge in [0, 0.05) is 11.4 Å². The van der Waals surface area contributed by atoms with E-state index in [1.54, 1.807) is 0 Å². The Kier molecular flexibility index (Phi) is 15.6. The van der Waals surface area contributed by atoms with Crippen LogP contribution in [-0.2, 0) is 33.2 Å². The van der Waals surface area contributed by atoms with Crippen LogP contribution in [-0.4, -0.2) is 20.1 Å². The van der Waals surface area contributed by atoms with Gasteiger partial charge in [0.05, 0.1) is 0 Å². The largest absolute Gasteiger partial charge is 3.00 e. The number of anilines is 3. The van der Waals surface area contributed by atoms with Crippen molar-refractivity contribution < 1.29 is 22.4 Å². The van der Waals surface area contributed by atoms with E-state index in [4.69, 9.17) is 4.98 Å². The predicted octanol–water partition coefficient (Wildman–Crippen LogP) is 14.6. The molecule has 0 N–H and O–H groups in total. The number of hydrogen-bond donors (Lipinski definition) is 0. The van der Waals surface area contributed by atoms with Crippen molar-refractivity contribution in [1.29, 1.82) is 0 Å². The third-order valence-electron chi connectivity index (χ3n) is 11.5. The Morgan fingerprint density at radius 2 is 0.818 bits per heavy atom. The summed E-state index contributed by atoms with van der Waals surface area (Å²) >= 11 is 3.68. The molecule has 1 aromatic heterocycles. The first kappa shape index (κ1) is 48.3. The van der Waals surface area contributed by atoms with Crippen LogP contribution in [0.4, 0.5) is 17.1 Å². The first-order chi connectivity index (χ1) is 31.4. The molecule has 0 spiro atoms. The summed E-state index contributed by atoms with van der Waals surface area (Å²) in [6, 6.07) is 87.0. The average Bonchev–Trinajstić information content (AvgIpc) is 3.35. The minimum atomic E-state index is -1.94. The van der Waals surface area contributed by atoms with Crippen LogP contribution in [0, 0.1) is 18.2 Å². The number of benzene rings is 8. The zero-order chi connectivity index (χ0) is 45.4. The fourth-order valence-electron chi connectivity index (χ4n) is 7.79. The van der Waals surface area contributed by atoms with Crippen molar-refractivity contribution in [2.75, 3.05) is 4.90 Å². The smallest absolute Gasteiger partial charge is 0.334 e. The van der Waals surface area contributed by atoms with Crippen LogP contribution in [0.25, 0.3) is 33.6 Å². The van der Waals surface area contributed by atoms with Gasteiger partial charge in [0.1, 0.15) is 0 Å². The molecule has 0 aliphatic heterocycles. The maximum Gasteiger partial charge on any atom is 3.00 e. The fraction of sp³-hybridized carbons (Fsp3) is 0.131. The summed E-state index contributed by atoms with van der Waals surface area (Å²) in [5.41, 5.74) is 10.2. The van der Waals surface area contributed by atoms with Gasteiger partial charge in [0.15, 0.2) is 0 Å². The SMILES string of the molecule is CC(C)(C)c1c[c-]c(-c2cc(-c3ccc(P(=[Se])(c4ccccc4)c4ccccc4)cc3)cc(-c3[c-]cc(C(C)(C)C)cc3)n2)cc1.[Au+3].[c-]1ccc(N(c2ccccc2)c2ccccc2)cc1. The average molecular weight is 1120 g/mol. The first-order valence-electron chi connectivity index (χ1n) is 22.1. The van der Waals surface area contributed by atoms with Gasteiger partial charge < -0.3 is 4.90 Å². The van der Waals surface area contributed by atoms with E-state index in [0.29, 0.717) is 0 Å². The molecule has 0 aliphatic rings. The number of hydrogen-bond acceptors (Lipinski definition) is 2. The zero-order valence-electron chi connectivity index (χ0n) is 38.3. The van der Waals surface area contributed by atoms with E-state index < -0.39 is 5.51 Å². The van der Waals surface area contributed by atoms with E-state index in [-0.39, 0.29) is 33.2 Å². The molecule has 5 heteroatoms. The van der Waals surface area contributed by atoms with Gasteiger partial charge in [-0.1, -0.05) is 83.6 Å². The quantitative estimate of drug-likeness (QED) is 0.0813. The van der Waals surface area contributed by atoms with Gasteiger partial charge in [0.25, 0.3) is 0 Å². The van der Waals surface area contributed by atoms with Crippen molar-refractivity contribution in [3.05, 3.63) is 248 Å². The minimum Gasteiger partial charge on any atom is -0.334 e. The van der Waals surface area contributed by atoms with Gasteiger partial charge >= 0.3 is 254 Å². The summed E-state index contributed by atoms with van der Waals surface area (Å²) < 4.78 is 0.